The van der Waals surface area contributed by atoms with E-state index in [2.05, 4.69) is 35.6 Å². The van der Waals surface area contributed by atoms with Crippen LogP contribution in [0.1, 0.15) is 24.8 Å². The van der Waals surface area contributed by atoms with Gasteiger partial charge in [-0.1, -0.05) is 0 Å². The number of hydrogen-bond acceptors (Lipinski definition) is 7. The second-order valence-corrected chi connectivity index (χ2v) is 7.83. The summed E-state index contributed by atoms with van der Waals surface area (Å²) in [5, 5.41) is 6.45. The summed E-state index contributed by atoms with van der Waals surface area (Å²) in [5.74, 6) is 0.844. The maximum Gasteiger partial charge on any atom is 0.419 e. The molecular formula is C21H19F3N8O. The fourth-order valence-corrected chi connectivity index (χ4v) is 3.98. The molecule has 12 heteroatoms. The normalized spacial score (nSPS) is 18.5. The molecule has 0 unspecified atom stereocenters. The first-order chi connectivity index (χ1) is 15.9. The van der Waals surface area contributed by atoms with Crippen molar-refractivity contribution in [1.29, 1.82) is 0 Å². The molecule has 170 valence electrons. The number of rotatable bonds is 5. The highest BCUT2D eigenvalue weighted by atomic mass is 19.4. The summed E-state index contributed by atoms with van der Waals surface area (Å²) >= 11 is 0. The average Bonchev–Trinajstić information content (AvgIpc) is 3.37. The monoisotopic (exact) mass is 456 g/mol. The Hall–Kier alpha value is -3.96. The van der Waals surface area contributed by atoms with Crippen LogP contribution in [0.3, 0.4) is 0 Å². The molecule has 4 heterocycles. The van der Waals surface area contributed by atoms with Gasteiger partial charge in [0, 0.05) is 30.7 Å². The summed E-state index contributed by atoms with van der Waals surface area (Å²) < 4.78 is 39.4. The number of fused-ring (bicyclic) bond motifs is 1. The molecular weight excluding hydrogens is 437 g/mol. The number of hydrogen-bond donors (Lipinski definition) is 3. The predicted molar refractivity (Wildman–Crippen MR) is 115 cm³/mol. The number of halogens is 3. The molecule has 1 aliphatic carbocycles. The van der Waals surface area contributed by atoms with E-state index >= 15 is 0 Å². The molecule has 0 radical (unpaired) electrons. The van der Waals surface area contributed by atoms with Crippen molar-refractivity contribution in [2.24, 2.45) is 0 Å². The van der Waals surface area contributed by atoms with Crippen molar-refractivity contribution in [2.45, 2.75) is 37.5 Å². The number of anilines is 2. The third kappa shape index (κ3) is 4.36. The summed E-state index contributed by atoms with van der Waals surface area (Å²) in [6, 6.07) is 7.34. The Morgan fingerprint density at radius 1 is 0.970 bits per heavy atom. The van der Waals surface area contributed by atoms with Crippen molar-refractivity contribution in [3.63, 3.8) is 0 Å². The van der Waals surface area contributed by atoms with E-state index < -0.39 is 11.7 Å². The molecule has 1 fully saturated rings. The minimum Gasteiger partial charge on any atom is -0.367 e. The van der Waals surface area contributed by atoms with Crippen LogP contribution in [0.5, 0.6) is 0 Å². The topological polar surface area (TPSA) is 113 Å². The van der Waals surface area contributed by atoms with E-state index in [1.807, 2.05) is 0 Å². The van der Waals surface area contributed by atoms with Gasteiger partial charge in [0.15, 0.2) is 5.65 Å². The Morgan fingerprint density at radius 3 is 2.42 bits per heavy atom. The first-order valence-corrected chi connectivity index (χ1v) is 10.3. The van der Waals surface area contributed by atoms with Gasteiger partial charge in [-0.3, -0.25) is 9.55 Å². The summed E-state index contributed by atoms with van der Waals surface area (Å²) in [6.45, 7) is 0. The number of alkyl halides is 3. The Kier molecular flexibility index (Phi) is 5.19. The van der Waals surface area contributed by atoms with Gasteiger partial charge in [-0.05, 0) is 43.5 Å². The van der Waals surface area contributed by atoms with Crippen LogP contribution < -0.4 is 16.3 Å². The van der Waals surface area contributed by atoms with Crippen molar-refractivity contribution >= 4 is 22.9 Å². The number of aromatic amines is 1. The summed E-state index contributed by atoms with van der Waals surface area (Å²) in [7, 11) is 0. The highest BCUT2D eigenvalue weighted by Gasteiger charge is 2.31. The molecule has 1 aliphatic rings. The number of imidazole rings is 1. The maximum absolute atomic E-state index is 12.6. The lowest BCUT2D eigenvalue weighted by atomic mass is 10.2. The van der Waals surface area contributed by atoms with Gasteiger partial charge in [0.1, 0.15) is 5.82 Å². The standard InChI is InChI=1S/C21H19F3N8O/c22-21(23,24)12-9-27-19(28-10-12)30-14-4-3-13(8-14)29-17-6-5-15(11-26-17)32-16-2-1-7-25-18(16)31-20(32)33/h1-2,5-7,9-11,13-14H,3-4,8H2,(H,26,29)(H,25,31,33)(H,27,28,30)/t13-,14-/m0/s1. The zero-order chi connectivity index (χ0) is 23.0. The quantitative estimate of drug-likeness (QED) is 0.422. The second-order valence-electron chi connectivity index (χ2n) is 7.83. The van der Waals surface area contributed by atoms with Crippen LogP contribution in [0.15, 0.2) is 53.8 Å². The Bertz CT molecular complexity index is 1310. The van der Waals surface area contributed by atoms with E-state index in [4.69, 9.17) is 0 Å². The average molecular weight is 456 g/mol. The Morgan fingerprint density at radius 2 is 1.73 bits per heavy atom. The van der Waals surface area contributed by atoms with Gasteiger partial charge >= 0.3 is 11.9 Å². The number of nitrogens with zero attached hydrogens (tertiary/aromatic N) is 5. The lowest BCUT2D eigenvalue weighted by molar-refractivity contribution is -0.138. The molecule has 0 aliphatic heterocycles. The van der Waals surface area contributed by atoms with Crippen molar-refractivity contribution in [3.05, 3.63) is 65.1 Å². The van der Waals surface area contributed by atoms with Crippen LogP contribution in [0.25, 0.3) is 16.9 Å². The molecule has 0 bridgehead atoms. The first-order valence-electron chi connectivity index (χ1n) is 10.3. The van der Waals surface area contributed by atoms with Crippen molar-refractivity contribution in [1.82, 2.24) is 29.5 Å². The molecule has 33 heavy (non-hydrogen) atoms. The van der Waals surface area contributed by atoms with E-state index in [1.54, 1.807) is 36.7 Å². The smallest absolute Gasteiger partial charge is 0.367 e. The van der Waals surface area contributed by atoms with Crippen LogP contribution in [-0.2, 0) is 6.18 Å². The fraction of sp³-hybridized carbons (Fsp3) is 0.286. The zero-order valence-corrected chi connectivity index (χ0v) is 17.2. The summed E-state index contributed by atoms with van der Waals surface area (Å²) in [6.07, 6.45) is 2.74. The van der Waals surface area contributed by atoms with E-state index in [-0.39, 0.29) is 23.7 Å². The molecule has 0 saturated heterocycles. The van der Waals surface area contributed by atoms with Gasteiger partial charge in [0.25, 0.3) is 0 Å². The predicted octanol–water partition coefficient (Wildman–Crippen LogP) is 3.36. The van der Waals surface area contributed by atoms with Crippen LogP contribution in [0, 0.1) is 0 Å². The number of nitrogens with one attached hydrogen (secondary N) is 3. The maximum atomic E-state index is 12.6. The van der Waals surface area contributed by atoms with E-state index in [1.165, 1.54) is 4.57 Å². The van der Waals surface area contributed by atoms with E-state index in [9.17, 15) is 18.0 Å². The van der Waals surface area contributed by atoms with Crippen molar-refractivity contribution < 1.29 is 13.2 Å². The largest absolute Gasteiger partial charge is 0.419 e. The van der Waals surface area contributed by atoms with Crippen LogP contribution in [0.2, 0.25) is 0 Å². The first kappa shape index (κ1) is 20.9. The number of H-pyrrole nitrogens is 1. The third-order valence-electron chi connectivity index (χ3n) is 5.56. The molecule has 2 atom stereocenters. The minimum atomic E-state index is -4.46. The van der Waals surface area contributed by atoms with Gasteiger partial charge in [-0.25, -0.2) is 24.7 Å². The minimum absolute atomic E-state index is 0.0378. The lowest BCUT2D eigenvalue weighted by Crippen LogP contribution is -2.22. The third-order valence-corrected chi connectivity index (χ3v) is 5.56. The van der Waals surface area contributed by atoms with Crippen LogP contribution in [0.4, 0.5) is 24.9 Å². The summed E-state index contributed by atoms with van der Waals surface area (Å²) in [4.78, 5) is 31.1. The molecule has 1 saturated carbocycles. The van der Waals surface area contributed by atoms with Crippen molar-refractivity contribution in [2.75, 3.05) is 10.6 Å². The summed E-state index contributed by atoms with van der Waals surface area (Å²) in [5.41, 5.74) is 0.628. The van der Waals surface area contributed by atoms with Gasteiger partial charge < -0.3 is 10.6 Å². The van der Waals surface area contributed by atoms with Gasteiger partial charge in [-0.15, -0.1) is 0 Å². The second kappa shape index (κ2) is 8.19. The molecule has 5 rings (SSSR count). The molecule has 4 aromatic rings. The molecule has 3 N–H and O–H groups in total. The van der Waals surface area contributed by atoms with Crippen LogP contribution >= 0.6 is 0 Å². The molecule has 0 aromatic carbocycles. The fourth-order valence-electron chi connectivity index (χ4n) is 3.98. The zero-order valence-electron chi connectivity index (χ0n) is 17.2. The molecule has 0 amide bonds. The van der Waals surface area contributed by atoms with E-state index in [0.717, 1.165) is 31.7 Å². The molecule has 4 aromatic heterocycles. The van der Waals surface area contributed by atoms with Gasteiger partial charge in [0.05, 0.1) is 23.0 Å². The number of aromatic nitrogens is 6. The van der Waals surface area contributed by atoms with Gasteiger partial charge in [0.2, 0.25) is 5.95 Å². The van der Waals surface area contributed by atoms with Gasteiger partial charge in [-0.2, -0.15) is 13.2 Å². The Balaban J connectivity index is 1.21. The van der Waals surface area contributed by atoms with Crippen LogP contribution in [-0.4, -0.2) is 41.6 Å². The molecule has 9 nitrogen and oxygen atoms in total. The number of pyridine rings is 2. The van der Waals surface area contributed by atoms with E-state index in [0.29, 0.717) is 22.7 Å². The van der Waals surface area contributed by atoms with Crippen molar-refractivity contribution in [3.8, 4) is 5.69 Å². The lowest BCUT2D eigenvalue weighted by Gasteiger charge is -2.15. The highest BCUT2D eigenvalue weighted by Crippen LogP contribution is 2.29. The Labute approximate surface area is 185 Å². The highest BCUT2D eigenvalue weighted by molar-refractivity contribution is 5.72. The SMILES string of the molecule is O=c1[nH]c2ncccc2n1-c1ccc(N[C@H]2CC[C@H](Nc3ncc(C(F)(F)F)cn3)C2)nc1. The molecule has 0 spiro atoms.